The molecule has 3 fully saturated rings. The first kappa shape index (κ1) is 21.0. The molecule has 0 aromatic carbocycles. The molecule has 0 unspecified atom stereocenters. The van der Waals surface area contributed by atoms with Crippen LogP contribution in [0.4, 0.5) is 0 Å². The molecule has 3 rings (SSSR count). The number of ether oxygens (including phenoxy) is 7. The van der Waals surface area contributed by atoms with Crippen molar-refractivity contribution in [2.75, 3.05) is 33.0 Å². The minimum absolute atomic E-state index is 0.0462. The van der Waals surface area contributed by atoms with Gasteiger partial charge in [0.1, 0.15) is 12.2 Å². The van der Waals surface area contributed by atoms with Crippen molar-refractivity contribution >= 4 is 5.97 Å². The summed E-state index contributed by atoms with van der Waals surface area (Å²) in [5.74, 6) is -2.12. The highest BCUT2D eigenvalue weighted by molar-refractivity contribution is 5.84. The van der Waals surface area contributed by atoms with Crippen LogP contribution in [-0.2, 0) is 38.0 Å². The van der Waals surface area contributed by atoms with Gasteiger partial charge in [-0.1, -0.05) is 13.3 Å². The first-order valence-corrected chi connectivity index (χ1v) is 9.75. The predicted octanol–water partition coefficient (Wildman–Crippen LogP) is 1.79. The van der Waals surface area contributed by atoms with Crippen LogP contribution in [0, 0.1) is 0 Å². The highest BCUT2D eigenvalue weighted by atomic mass is 16.8. The van der Waals surface area contributed by atoms with Gasteiger partial charge in [-0.3, -0.25) is 0 Å². The van der Waals surface area contributed by atoms with Gasteiger partial charge in [-0.15, -0.1) is 0 Å². The number of cyclic esters (lactones) is 1. The van der Waals surface area contributed by atoms with E-state index in [4.69, 9.17) is 33.2 Å². The second-order valence-electron chi connectivity index (χ2n) is 8.19. The van der Waals surface area contributed by atoms with Gasteiger partial charge in [0.2, 0.25) is 5.60 Å². The Kier molecular flexibility index (Phi) is 6.15. The van der Waals surface area contributed by atoms with E-state index >= 15 is 0 Å². The summed E-state index contributed by atoms with van der Waals surface area (Å²) in [6.45, 7) is 11.2. The van der Waals surface area contributed by atoms with Gasteiger partial charge in [0, 0.05) is 6.61 Å². The molecule has 0 radical (unpaired) electrons. The molecule has 27 heavy (non-hydrogen) atoms. The summed E-state index contributed by atoms with van der Waals surface area (Å²) in [7, 11) is 0. The van der Waals surface area contributed by atoms with Crippen molar-refractivity contribution in [1.29, 1.82) is 0 Å². The Morgan fingerprint density at radius 2 is 1.78 bits per heavy atom. The van der Waals surface area contributed by atoms with E-state index < -0.39 is 41.5 Å². The van der Waals surface area contributed by atoms with Crippen molar-refractivity contribution in [2.45, 2.75) is 82.9 Å². The first-order valence-electron chi connectivity index (χ1n) is 9.75. The van der Waals surface area contributed by atoms with Gasteiger partial charge in [0.05, 0.1) is 26.4 Å². The largest absolute Gasteiger partial charge is 0.454 e. The van der Waals surface area contributed by atoms with Crippen LogP contribution in [0.5, 0.6) is 0 Å². The molecule has 3 heterocycles. The number of hydrogen-bond acceptors (Lipinski definition) is 8. The Balaban J connectivity index is 1.62. The molecule has 8 nitrogen and oxygen atoms in total. The average molecular weight is 388 g/mol. The fraction of sp³-hybridized carbons (Fsp3) is 0.947. The molecule has 3 aliphatic rings. The summed E-state index contributed by atoms with van der Waals surface area (Å²) in [5, 5.41) is 0. The van der Waals surface area contributed by atoms with Crippen LogP contribution in [0.25, 0.3) is 0 Å². The highest BCUT2D eigenvalue weighted by Crippen LogP contribution is 2.46. The molecule has 8 heteroatoms. The molecule has 0 spiro atoms. The van der Waals surface area contributed by atoms with Crippen molar-refractivity contribution in [3.8, 4) is 0 Å². The first-order chi connectivity index (χ1) is 12.7. The molecule has 0 aromatic heterocycles. The van der Waals surface area contributed by atoms with Crippen LogP contribution in [0.3, 0.4) is 0 Å². The van der Waals surface area contributed by atoms with Gasteiger partial charge in [-0.25, -0.2) is 4.79 Å². The Morgan fingerprint density at radius 1 is 1.04 bits per heavy atom. The minimum Gasteiger partial charge on any atom is -0.454 e. The predicted molar refractivity (Wildman–Crippen MR) is 94.1 cm³/mol. The van der Waals surface area contributed by atoms with E-state index in [-0.39, 0.29) is 6.61 Å². The maximum Gasteiger partial charge on any atom is 0.344 e. The fourth-order valence-corrected chi connectivity index (χ4v) is 3.71. The lowest BCUT2D eigenvalue weighted by Crippen LogP contribution is -2.50. The summed E-state index contributed by atoms with van der Waals surface area (Å²) >= 11 is 0. The van der Waals surface area contributed by atoms with Crippen LogP contribution in [0.1, 0.15) is 47.5 Å². The van der Waals surface area contributed by atoms with Crippen molar-refractivity contribution in [2.24, 2.45) is 0 Å². The number of esters is 1. The smallest absolute Gasteiger partial charge is 0.344 e. The summed E-state index contributed by atoms with van der Waals surface area (Å²) in [4.78, 5) is 12.8. The van der Waals surface area contributed by atoms with Crippen LogP contribution in [0.2, 0.25) is 0 Å². The fourth-order valence-electron chi connectivity index (χ4n) is 3.71. The summed E-state index contributed by atoms with van der Waals surface area (Å²) in [5.41, 5.74) is -1.30. The molecule has 0 aliphatic carbocycles. The number of unbranched alkanes of at least 4 members (excludes halogenated alkanes) is 1. The lowest BCUT2D eigenvalue weighted by atomic mass is 9.94. The molecule has 0 N–H and O–H groups in total. The molecule has 0 amide bonds. The monoisotopic (exact) mass is 388 g/mol. The standard InChI is InChI=1S/C19H32O8/c1-6-7-8-21-9-10-22-12-19-15(26-18(4,5)27-19)14(24-16(19)20)13-11-23-17(2,3)25-13/h13-15H,6-12H2,1-5H3/t13-,14-,15+,19+/m1/s1. The highest BCUT2D eigenvalue weighted by Gasteiger charge is 2.69. The van der Waals surface area contributed by atoms with E-state index in [0.29, 0.717) is 26.4 Å². The Labute approximate surface area is 160 Å². The van der Waals surface area contributed by atoms with Gasteiger partial charge in [-0.05, 0) is 34.1 Å². The molecule has 3 aliphatic heterocycles. The molecule has 0 saturated carbocycles. The van der Waals surface area contributed by atoms with Gasteiger partial charge in [-0.2, -0.15) is 0 Å². The minimum atomic E-state index is -1.30. The van der Waals surface area contributed by atoms with E-state index in [1.165, 1.54) is 0 Å². The number of fused-ring (bicyclic) bond motifs is 1. The van der Waals surface area contributed by atoms with Crippen molar-refractivity contribution in [1.82, 2.24) is 0 Å². The average Bonchev–Trinajstić information content (AvgIpc) is 3.15. The maximum atomic E-state index is 12.8. The van der Waals surface area contributed by atoms with Crippen molar-refractivity contribution < 1.29 is 38.0 Å². The molecular weight excluding hydrogens is 356 g/mol. The third-order valence-corrected chi connectivity index (χ3v) is 4.91. The van der Waals surface area contributed by atoms with Crippen LogP contribution in [-0.4, -0.2) is 74.5 Å². The molecular formula is C19H32O8. The molecule has 3 saturated heterocycles. The number of hydrogen-bond donors (Lipinski definition) is 0. The van der Waals surface area contributed by atoms with Gasteiger partial charge in [0.15, 0.2) is 17.7 Å². The van der Waals surface area contributed by atoms with Crippen LogP contribution >= 0.6 is 0 Å². The van der Waals surface area contributed by atoms with E-state index in [0.717, 1.165) is 12.8 Å². The van der Waals surface area contributed by atoms with Gasteiger partial charge >= 0.3 is 5.97 Å². The van der Waals surface area contributed by atoms with Crippen LogP contribution in [0.15, 0.2) is 0 Å². The lowest BCUT2D eigenvalue weighted by Gasteiger charge is -2.25. The van der Waals surface area contributed by atoms with Gasteiger partial charge < -0.3 is 33.2 Å². The van der Waals surface area contributed by atoms with Crippen LogP contribution < -0.4 is 0 Å². The molecule has 4 atom stereocenters. The molecule has 156 valence electrons. The van der Waals surface area contributed by atoms with Crippen molar-refractivity contribution in [3.63, 3.8) is 0 Å². The van der Waals surface area contributed by atoms with E-state index in [2.05, 4.69) is 6.92 Å². The topological polar surface area (TPSA) is 81.7 Å². The zero-order valence-electron chi connectivity index (χ0n) is 16.9. The number of rotatable bonds is 9. The summed E-state index contributed by atoms with van der Waals surface area (Å²) in [6.07, 6.45) is 0.466. The lowest BCUT2D eigenvalue weighted by molar-refractivity contribution is -0.212. The Morgan fingerprint density at radius 3 is 2.44 bits per heavy atom. The Hall–Kier alpha value is -0.770. The van der Waals surface area contributed by atoms with E-state index in [1.807, 2.05) is 13.8 Å². The van der Waals surface area contributed by atoms with E-state index in [1.54, 1.807) is 13.8 Å². The SMILES string of the molecule is CCCCOCCOC[C@]12OC(C)(C)O[C@H]1[C@@H]([C@H]1COC(C)(C)O1)OC2=O. The number of carbonyl (C=O) groups excluding carboxylic acids is 1. The zero-order valence-corrected chi connectivity index (χ0v) is 16.9. The van der Waals surface area contributed by atoms with E-state index in [9.17, 15) is 4.79 Å². The summed E-state index contributed by atoms with van der Waals surface area (Å²) < 4.78 is 40.4. The summed E-state index contributed by atoms with van der Waals surface area (Å²) in [6, 6.07) is 0. The second-order valence-corrected chi connectivity index (χ2v) is 8.19. The van der Waals surface area contributed by atoms with Crippen molar-refractivity contribution in [3.05, 3.63) is 0 Å². The van der Waals surface area contributed by atoms with Gasteiger partial charge in [0.25, 0.3) is 0 Å². The Bertz CT molecular complexity index is 534. The molecule has 0 bridgehead atoms. The quantitative estimate of drug-likeness (QED) is 0.437. The maximum absolute atomic E-state index is 12.8. The third kappa shape index (κ3) is 4.46. The normalized spacial score (nSPS) is 36.8. The zero-order chi connectivity index (χ0) is 19.7. The second kappa shape index (κ2) is 7.93. The molecule has 0 aromatic rings. The number of carbonyl (C=O) groups is 1. The third-order valence-electron chi connectivity index (χ3n) is 4.91.